The lowest BCUT2D eigenvalue weighted by Gasteiger charge is -2.21. The maximum absolute atomic E-state index is 14.8. The number of aryl methyl sites for hydroxylation is 1. The molecule has 0 aliphatic carbocycles. The van der Waals surface area contributed by atoms with Crippen LogP contribution in [0, 0.1) is 23.3 Å². The maximum Gasteiger partial charge on any atom is 0.429 e. The number of benzene rings is 4. The van der Waals surface area contributed by atoms with Crippen molar-refractivity contribution in [3.8, 4) is 22.6 Å². The summed E-state index contributed by atoms with van der Waals surface area (Å²) in [5.74, 6) is -9.12. The molecule has 0 amide bonds. The van der Waals surface area contributed by atoms with Crippen molar-refractivity contribution in [2.24, 2.45) is 0 Å². The molecule has 0 aliphatic heterocycles. The second-order valence-electron chi connectivity index (χ2n) is 8.68. The van der Waals surface area contributed by atoms with Crippen LogP contribution >= 0.6 is 0 Å². The van der Waals surface area contributed by atoms with Gasteiger partial charge in [-0.1, -0.05) is 42.5 Å². The van der Waals surface area contributed by atoms with Crippen molar-refractivity contribution < 1.29 is 44.6 Å². The topological polar surface area (TPSA) is 18.5 Å². The normalized spacial score (nSPS) is 11.8. The molecule has 4 aromatic rings. The summed E-state index contributed by atoms with van der Waals surface area (Å²) in [4.78, 5) is 0. The van der Waals surface area contributed by atoms with Crippen LogP contribution in [0.1, 0.15) is 23.1 Å². The molecule has 0 heterocycles. The van der Waals surface area contributed by atoms with E-state index in [2.05, 4.69) is 16.1 Å². The Bertz CT molecular complexity index is 1480. The van der Waals surface area contributed by atoms with Gasteiger partial charge in [-0.3, -0.25) is 0 Å². The van der Waals surface area contributed by atoms with E-state index in [0.29, 0.717) is 17.7 Å². The first kappa shape index (κ1) is 28.7. The van der Waals surface area contributed by atoms with Crippen LogP contribution in [0.4, 0.5) is 35.1 Å². The number of halogens is 8. The van der Waals surface area contributed by atoms with Crippen molar-refractivity contribution in [1.29, 1.82) is 0 Å². The lowest BCUT2D eigenvalue weighted by atomic mass is 10.0. The lowest BCUT2D eigenvalue weighted by molar-refractivity contribution is -0.188. The second-order valence-corrected chi connectivity index (χ2v) is 8.68. The van der Waals surface area contributed by atoms with Gasteiger partial charge < -0.3 is 9.47 Å². The van der Waals surface area contributed by atoms with Crippen molar-refractivity contribution in [3.05, 3.63) is 131 Å². The highest BCUT2D eigenvalue weighted by Gasteiger charge is 2.39. The SMILES string of the molecule is C=CCCc1ccc(-c2ccc(C(F)(F)Oc3ccc(C(F)(F)Oc4cc(F)c(F)c(F)c4)c(F)c3)cc2)cc1. The monoisotopic (exact) mass is 564 g/mol. The van der Waals surface area contributed by atoms with Gasteiger partial charge in [-0.15, -0.1) is 6.58 Å². The van der Waals surface area contributed by atoms with Crippen LogP contribution in [-0.2, 0) is 18.6 Å². The number of rotatable bonds is 10. The molecule has 4 rings (SSSR count). The fourth-order valence-corrected chi connectivity index (χ4v) is 3.79. The fraction of sp³-hybridized carbons (Fsp3) is 0.133. The summed E-state index contributed by atoms with van der Waals surface area (Å²) in [6.07, 6.45) is -4.99. The molecule has 208 valence electrons. The lowest BCUT2D eigenvalue weighted by Crippen LogP contribution is -2.24. The zero-order chi connectivity index (χ0) is 29.1. The Morgan fingerprint density at radius 1 is 0.625 bits per heavy atom. The number of hydrogen-bond acceptors (Lipinski definition) is 2. The van der Waals surface area contributed by atoms with Crippen molar-refractivity contribution in [2.75, 3.05) is 0 Å². The molecular formula is C30H20F8O2. The molecule has 10 heteroatoms. The molecule has 0 saturated heterocycles. The minimum absolute atomic E-state index is 0.146. The third-order valence-electron chi connectivity index (χ3n) is 5.85. The van der Waals surface area contributed by atoms with Crippen LogP contribution in [0.25, 0.3) is 11.1 Å². The summed E-state index contributed by atoms with van der Waals surface area (Å²) < 4.78 is 121. The summed E-state index contributed by atoms with van der Waals surface area (Å²) in [6, 6.07) is 14.3. The van der Waals surface area contributed by atoms with E-state index < -0.39 is 58.1 Å². The minimum atomic E-state index is -4.50. The first-order valence-electron chi connectivity index (χ1n) is 11.8. The van der Waals surface area contributed by atoms with E-state index in [0.717, 1.165) is 36.1 Å². The molecule has 0 fully saturated rings. The summed E-state index contributed by atoms with van der Waals surface area (Å²) in [6.45, 7) is 3.68. The largest absolute Gasteiger partial charge is 0.429 e. The number of ether oxygens (including phenoxy) is 2. The Kier molecular flexibility index (Phi) is 8.18. The molecule has 0 saturated carbocycles. The summed E-state index contributed by atoms with van der Waals surface area (Å²) in [5.41, 5.74) is 0.546. The van der Waals surface area contributed by atoms with Gasteiger partial charge in [0.25, 0.3) is 0 Å². The average molecular weight is 564 g/mol. The molecule has 4 aromatic carbocycles. The van der Waals surface area contributed by atoms with Crippen LogP contribution in [0.3, 0.4) is 0 Å². The van der Waals surface area contributed by atoms with Crippen LogP contribution in [-0.4, -0.2) is 0 Å². The smallest absolute Gasteiger partial charge is 0.429 e. The molecule has 0 N–H and O–H groups in total. The molecule has 2 nitrogen and oxygen atoms in total. The van der Waals surface area contributed by atoms with Gasteiger partial charge in [0.1, 0.15) is 22.9 Å². The van der Waals surface area contributed by atoms with Crippen LogP contribution in [0.2, 0.25) is 0 Å². The van der Waals surface area contributed by atoms with E-state index in [9.17, 15) is 35.1 Å². The van der Waals surface area contributed by atoms with E-state index in [1.165, 1.54) is 12.1 Å². The van der Waals surface area contributed by atoms with E-state index >= 15 is 0 Å². The predicted molar refractivity (Wildman–Crippen MR) is 132 cm³/mol. The highest BCUT2D eigenvalue weighted by atomic mass is 19.3. The Hall–Kier alpha value is -4.34. The zero-order valence-electron chi connectivity index (χ0n) is 20.5. The van der Waals surface area contributed by atoms with Crippen molar-refractivity contribution in [1.82, 2.24) is 0 Å². The van der Waals surface area contributed by atoms with Gasteiger partial charge in [0, 0.05) is 18.2 Å². The van der Waals surface area contributed by atoms with Crippen molar-refractivity contribution in [2.45, 2.75) is 25.1 Å². The van der Waals surface area contributed by atoms with Gasteiger partial charge in [-0.05, 0) is 53.8 Å². The van der Waals surface area contributed by atoms with Gasteiger partial charge in [-0.25, -0.2) is 17.6 Å². The van der Waals surface area contributed by atoms with Crippen molar-refractivity contribution in [3.63, 3.8) is 0 Å². The molecule has 0 radical (unpaired) electrons. The predicted octanol–water partition coefficient (Wildman–Crippen LogP) is 9.29. The Morgan fingerprint density at radius 2 is 1.15 bits per heavy atom. The highest BCUT2D eigenvalue weighted by molar-refractivity contribution is 5.64. The van der Waals surface area contributed by atoms with Gasteiger partial charge in [-0.2, -0.15) is 17.6 Å². The first-order valence-corrected chi connectivity index (χ1v) is 11.8. The summed E-state index contributed by atoms with van der Waals surface area (Å²) in [7, 11) is 0. The van der Waals surface area contributed by atoms with Gasteiger partial charge in [0.15, 0.2) is 17.5 Å². The average Bonchev–Trinajstić information content (AvgIpc) is 2.90. The van der Waals surface area contributed by atoms with Gasteiger partial charge in [0.2, 0.25) is 0 Å². The van der Waals surface area contributed by atoms with E-state index in [4.69, 9.17) is 0 Å². The zero-order valence-corrected chi connectivity index (χ0v) is 20.5. The van der Waals surface area contributed by atoms with E-state index in [1.54, 1.807) is 0 Å². The summed E-state index contributed by atoms with van der Waals surface area (Å²) in [5, 5.41) is 0. The number of alkyl halides is 4. The number of allylic oxidation sites excluding steroid dienone is 1. The third kappa shape index (κ3) is 6.44. The standard InChI is InChI=1S/C30H20F8O2/c1-2-3-4-18-5-7-19(8-6-18)20-9-11-21(12-10-20)29(35,36)39-22-13-14-24(25(31)15-22)30(37,38)40-23-16-26(32)28(34)27(33)17-23/h2,5-17H,1,3-4H2. The third-order valence-corrected chi connectivity index (χ3v) is 5.85. The molecule has 40 heavy (non-hydrogen) atoms. The summed E-state index contributed by atoms with van der Waals surface area (Å²) >= 11 is 0. The van der Waals surface area contributed by atoms with Gasteiger partial charge >= 0.3 is 12.2 Å². The molecule has 0 aromatic heterocycles. The van der Waals surface area contributed by atoms with E-state index in [-0.39, 0.29) is 18.2 Å². The minimum Gasteiger partial charge on any atom is -0.429 e. The molecule has 0 unspecified atom stereocenters. The molecule has 0 spiro atoms. The first-order chi connectivity index (χ1) is 18.9. The molecule has 0 atom stereocenters. The quantitative estimate of drug-likeness (QED) is 0.109. The molecule has 0 aliphatic rings. The maximum atomic E-state index is 14.8. The molecular weight excluding hydrogens is 544 g/mol. The Labute approximate surface area is 224 Å². The van der Waals surface area contributed by atoms with Crippen LogP contribution in [0.5, 0.6) is 11.5 Å². The molecule has 0 bridgehead atoms. The Balaban J connectivity index is 1.47. The van der Waals surface area contributed by atoms with Crippen molar-refractivity contribution >= 4 is 0 Å². The fourth-order valence-electron chi connectivity index (χ4n) is 3.79. The van der Waals surface area contributed by atoms with Crippen LogP contribution in [0.15, 0.2) is 91.5 Å². The highest BCUT2D eigenvalue weighted by Crippen LogP contribution is 2.38. The van der Waals surface area contributed by atoms with Crippen LogP contribution < -0.4 is 9.47 Å². The van der Waals surface area contributed by atoms with Gasteiger partial charge in [0.05, 0.1) is 5.56 Å². The second kappa shape index (κ2) is 11.4. The van der Waals surface area contributed by atoms with E-state index in [1.807, 2.05) is 30.3 Å². The number of hydrogen-bond donors (Lipinski definition) is 0. The Morgan fingerprint density at radius 3 is 1.70 bits per heavy atom.